The molecule has 0 aromatic heterocycles. The fraction of sp³-hybridized carbons (Fsp3) is 0.357. The Morgan fingerprint density at radius 3 is 2.35 bits per heavy atom. The minimum atomic E-state index is -1.39. The number of carbonyl (C=O) groups is 3. The van der Waals surface area contributed by atoms with Crippen LogP contribution in [-0.2, 0) is 4.79 Å². The van der Waals surface area contributed by atoms with Crippen LogP contribution in [0.2, 0.25) is 5.02 Å². The van der Waals surface area contributed by atoms with Crippen LogP contribution < -0.4 is 5.73 Å². The van der Waals surface area contributed by atoms with Gasteiger partial charge in [0.2, 0.25) is 5.91 Å². The molecule has 0 bridgehead atoms. The summed E-state index contributed by atoms with van der Waals surface area (Å²) in [6, 6.07) is 4.64. The Kier molecular flexibility index (Phi) is 3.34. The summed E-state index contributed by atoms with van der Waals surface area (Å²) in [6.07, 6.45) is 0. The third kappa shape index (κ3) is 1.73. The number of nitrogens with zero attached hydrogens (tertiary/aromatic N) is 1. The Balaban J connectivity index is 2.63. The standard InChI is InChI=1S/C14H15ClN2O3/c1-7(2)14(3,13(16)20)17-11(18)8-5-4-6-9(15)10(8)12(17)19/h4-7H,1-3H3,(H2,16,20). The second-order valence-corrected chi connectivity index (χ2v) is 5.68. The van der Waals surface area contributed by atoms with Crippen molar-refractivity contribution in [2.24, 2.45) is 11.7 Å². The maximum Gasteiger partial charge on any atom is 0.264 e. The number of carbonyl (C=O) groups excluding carboxylic acids is 3. The minimum Gasteiger partial charge on any atom is -0.368 e. The lowest BCUT2D eigenvalue weighted by atomic mass is 9.85. The number of amides is 3. The highest BCUT2D eigenvalue weighted by Crippen LogP contribution is 2.36. The minimum absolute atomic E-state index is 0.132. The Morgan fingerprint density at radius 2 is 1.90 bits per heavy atom. The van der Waals surface area contributed by atoms with Gasteiger partial charge in [-0.25, -0.2) is 0 Å². The summed E-state index contributed by atoms with van der Waals surface area (Å²) in [4.78, 5) is 37.7. The zero-order valence-electron chi connectivity index (χ0n) is 11.4. The summed E-state index contributed by atoms with van der Waals surface area (Å²) in [6.45, 7) is 4.96. The molecule has 106 valence electrons. The van der Waals surface area contributed by atoms with E-state index >= 15 is 0 Å². The van der Waals surface area contributed by atoms with Gasteiger partial charge in [-0.15, -0.1) is 0 Å². The van der Waals surface area contributed by atoms with E-state index in [0.717, 1.165) is 4.90 Å². The van der Waals surface area contributed by atoms with Gasteiger partial charge in [-0.3, -0.25) is 19.3 Å². The molecular formula is C14H15ClN2O3. The van der Waals surface area contributed by atoms with Crippen molar-refractivity contribution < 1.29 is 14.4 Å². The molecule has 0 saturated heterocycles. The van der Waals surface area contributed by atoms with Crippen LogP contribution in [0.5, 0.6) is 0 Å². The number of benzene rings is 1. The Bertz CT molecular complexity index is 627. The molecule has 2 rings (SSSR count). The lowest BCUT2D eigenvalue weighted by Gasteiger charge is -2.37. The molecule has 6 heteroatoms. The van der Waals surface area contributed by atoms with Gasteiger partial charge in [-0.1, -0.05) is 31.5 Å². The number of imide groups is 1. The van der Waals surface area contributed by atoms with Crippen LogP contribution in [0.25, 0.3) is 0 Å². The van der Waals surface area contributed by atoms with Crippen LogP contribution in [0, 0.1) is 5.92 Å². The molecule has 1 aromatic carbocycles. The third-order valence-electron chi connectivity index (χ3n) is 3.95. The van der Waals surface area contributed by atoms with Crippen molar-refractivity contribution >= 4 is 29.3 Å². The second kappa shape index (κ2) is 4.59. The molecule has 1 heterocycles. The van der Waals surface area contributed by atoms with Gasteiger partial charge in [-0.05, 0) is 25.0 Å². The number of hydrogen-bond acceptors (Lipinski definition) is 3. The molecule has 2 N–H and O–H groups in total. The van der Waals surface area contributed by atoms with E-state index in [9.17, 15) is 14.4 Å². The van der Waals surface area contributed by atoms with Crippen molar-refractivity contribution in [2.45, 2.75) is 26.3 Å². The van der Waals surface area contributed by atoms with Crippen LogP contribution in [0.3, 0.4) is 0 Å². The van der Waals surface area contributed by atoms with E-state index in [0.29, 0.717) is 0 Å². The summed E-state index contributed by atoms with van der Waals surface area (Å²) in [5.74, 6) is -2.16. The first kappa shape index (κ1) is 14.5. The van der Waals surface area contributed by atoms with Crippen molar-refractivity contribution in [3.8, 4) is 0 Å². The predicted molar refractivity (Wildman–Crippen MR) is 74.4 cm³/mol. The van der Waals surface area contributed by atoms with Crippen molar-refractivity contribution in [3.63, 3.8) is 0 Å². The Hall–Kier alpha value is -1.88. The number of halogens is 1. The quantitative estimate of drug-likeness (QED) is 0.864. The second-order valence-electron chi connectivity index (χ2n) is 5.27. The van der Waals surface area contributed by atoms with Crippen molar-refractivity contribution in [1.82, 2.24) is 4.90 Å². The molecule has 3 amide bonds. The molecule has 20 heavy (non-hydrogen) atoms. The van der Waals surface area contributed by atoms with Crippen LogP contribution in [-0.4, -0.2) is 28.2 Å². The first-order valence-electron chi connectivity index (χ1n) is 6.20. The fourth-order valence-electron chi connectivity index (χ4n) is 2.32. The predicted octanol–water partition coefficient (Wildman–Crippen LogP) is 1.84. The SMILES string of the molecule is CC(C)C(C)(C(N)=O)N1C(=O)c2cccc(Cl)c2C1=O. The summed E-state index contributed by atoms with van der Waals surface area (Å²) in [5.41, 5.74) is 4.37. The first-order chi connectivity index (χ1) is 9.22. The number of hydrogen-bond donors (Lipinski definition) is 1. The number of fused-ring (bicyclic) bond motifs is 1. The molecule has 0 spiro atoms. The molecular weight excluding hydrogens is 280 g/mol. The van der Waals surface area contributed by atoms with Crippen molar-refractivity contribution in [3.05, 3.63) is 34.3 Å². The molecule has 1 aliphatic heterocycles. The molecule has 1 unspecified atom stereocenters. The van der Waals surface area contributed by atoms with Gasteiger partial charge in [0.15, 0.2) is 0 Å². The first-order valence-corrected chi connectivity index (χ1v) is 6.58. The van der Waals surface area contributed by atoms with Crippen LogP contribution >= 0.6 is 11.6 Å². The van der Waals surface area contributed by atoms with Gasteiger partial charge in [0.25, 0.3) is 11.8 Å². The summed E-state index contributed by atoms with van der Waals surface area (Å²) >= 11 is 5.99. The third-order valence-corrected chi connectivity index (χ3v) is 4.27. The van der Waals surface area contributed by atoms with E-state index in [4.69, 9.17) is 17.3 Å². The van der Waals surface area contributed by atoms with Gasteiger partial charge in [-0.2, -0.15) is 0 Å². The largest absolute Gasteiger partial charge is 0.368 e. The van der Waals surface area contributed by atoms with Gasteiger partial charge >= 0.3 is 0 Å². The van der Waals surface area contributed by atoms with E-state index in [1.807, 2.05) is 0 Å². The normalized spacial score (nSPS) is 17.4. The summed E-state index contributed by atoms with van der Waals surface area (Å²) in [5, 5.41) is 0.193. The molecule has 0 aliphatic carbocycles. The number of primary amides is 1. The van der Waals surface area contributed by atoms with Crippen LogP contribution in [0.15, 0.2) is 18.2 Å². The fourth-order valence-corrected chi connectivity index (χ4v) is 2.57. The lowest BCUT2D eigenvalue weighted by molar-refractivity contribution is -0.129. The molecule has 1 aromatic rings. The molecule has 1 atom stereocenters. The molecule has 0 radical (unpaired) electrons. The Morgan fingerprint density at radius 1 is 1.30 bits per heavy atom. The van der Waals surface area contributed by atoms with E-state index in [2.05, 4.69) is 0 Å². The highest BCUT2D eigenvalue weighted by molar-refractivity contribution is 6.37. The van der Waals surface area contributed by atoms with Gasteiger partial charge < -0.3 is 5.73 Å². The zero-order valence-corrected chi connectivity index (χ0v) is 12.2. The van der Waals surface area contributed by atoms with Crippen molar-refractivity contribution in [1.29, 1.82) is 0 Å². The lowest BCUT2D eigenvalue weighted by Crippen LogP contribution is -2.60. The summed E-state index contributed by atoms with van der Waals surface area (Å²) < 4.78 is 0. The highest BCUT2D eigenvalue weighted by atomic mass is 35.5. The van der Waals surface area contributed by atoms with Crippen LogP contribution in [0.4, 0.5) is 0 Å². The van der Waals surface area contributed by atoms with Gasteiger partial charge in [0.05, 0.1) is 16.1 Å². The Labute approximate surface area is 121 Å². The molecule has 1 aliphatic rings. The van der Waals surface area contributed by atoms with E-state index in [1.165, 1.54) is 19.1 Å². The smallest absolute Gasteiger partial charge is 0.264 e. The number of nitrogens with two attached hydrogens (primary N) is 1. The van der Waals surface area contributed by atoms with E-state index in [1.54, 1.807) is 19.9 Å². The van der Waals surface area contributed by atoms with Crippen LogP contribution in [0.1, 0.15) is 41.5 Å². The van der Waals surface area contributed by atoms with Crippen molar-refractivity contribution in [2.75, 3.05) is 0 Å². The average Bonchev–Trinajstić information content (AvgIpc) is 2.62. The number of rotatable bonds is 3. The topological polar surface area (TPSA) is 80.5 Å². The molecule has 5 nitrogen and oxygen atoms in total. The van der Waals surface area contributed by atoms with Gasteiger partial charge in [0, 0.05) is 0 Å². The zero-order chi connectivity index (χ0) is 15.2. The van der Waals surface area contributed by atoms with E-state index < -0.39 is 23.3 Å². The average molecular weight is 295 g/mol. The molecule has 0 saturated carbocycles. The summed E-state index contributed by atoms with van der Waals surface area (Å²) in [7, 11) is 0. The maximum absolute atomic E-state index is 12.5. The van der Waals surface area contributed by atoms with Gasteiger partial charge in [0.1, 0.15) is 5.54 Å². The van der Waals surface area contributed by atoms with E-state index in [-0.39, 0.29) is 22.1 Å². The highest BCUT2D eigenvalue weighted by Gasteiger charge is 2.52. The molecule has 0 fully saturated rings. The maximum atomic E-state index is 12.5. The monoisotopic (exact) mass is 294 g/mol.